The number of likely N-dealkylation sites (N-methyl/N-ethyl adjacent to an activating group) is 1. The molecule has 2 amide bonds. The van der Waals surface area contributed by atoms with Gasteiger partial charge < -0.3 is 23.5 Å². The summed E-state index contributed by atoms with van der Waals surface area (Å²) in [6.45, 7) is 2.31. The van der Waals surface area contributed by atoms with Crippen LogP contribution in [0.25, 0.3) is 22.2 Å². The zero-order valence-corrected chi connectivity index (χ0v) is 28.8. The predicted molar refractivity (Wildman–Crippen MR) is 184 cm³/mol. The quantitative estimate of drug-likeness (QED) is 0.271. The molecular formula is C38H42N4O6S. The highest BCUT2D eigenvalue weighted by Crippen LogP contribution is 2.66. The van der Waals surface area contributed by atoms with Crippen molar-refractivity contribution < 1.29 is 27.2 Å². The van der Waals surface area contributed by atoms with E-state index in [4.69, 9.17) is 9.15 Å². The first-order valence-corrected chi connectivity index (χ1v) is 19.1. The van der Waals surface area contributed by atoms with Crippen LogP contribution in [0.15, 0.2) is 64.3 Å². The number of furan rings is 1. The summed E-state index contributed by atoms with van der Waals surface area (Å²) >= 11 is 0. The van der Waals surface area contributed by atoms with Gasteiger partial charge in [0.25, 0.3) is 15.9 Å². The van der Waals surface area contributed by atoms with Gasteiger partial charge in [-0.3, -0.25) is 9.59 Å². The standard InChI is InChI=1S/C38H42N4O6S/c1-40-20-25-11-12-26(21-40)42(25)37(44)38-19-31(38)30-18-27(47-2)13-15-28(30)35-34(23-7-4-3-5-8-23)29-14-10-24(17-32(29)41(35)22-38)36(43)39-49(45,46)33-9-6-16-48-33/h6,9-10,13-18,23,25-26,31H,3-5,7-8,11-12,19-22H2,1-2H3,(H,39,43). The monoisotopic (exact) mass is 682 g/mol. The third-order valence-electron chi connectivity index (χ3n) is 12.1. The topological polar surface area (TPSA) is 114 Å². The number of nitrogens with zero attached hydrogens (tertiary/aromatic N) is 3. The smallest absolute Gasteiger partial charge is 0.297 e. The lowest BCUT2D eigenvalue weighted by molar-refractivity contribution is -0.143. The Morgan fingerprint density at radius 3 is 2.47 bits per heavy atom. The molecule has 49 heavy (non-hydrogen) atoms. The highest BCUT2D eigenvalue weighted by Gasteiger charge is 2.65. The Hall–Kier alpha value is -4.09. The second-order valence-corrected chi connectivity index (χ2v) is 16.6. The Bertz CT molecular complexity index is 2090. The molecule has 1 N–H and O–H groups in total. The lowest BCUT2D eigenvalue weighted by Gasteiger charge is -2.41. The van der Waals surface area contributed by atoms with Crippen LogP contribution in [0.4, 0.5) is 0 Å². The molecule has 4 aromatic rings. The van der Waals surface area contributed by atoms with Crippen LogP contribution in [0.2, 0.25) is 0 Å². The molecule has 3 aliphatic heterocycles. The van der Waals surface area contributed by atoms with E-state index in [1.54, 1.807) is 13.2 Å². The van der Waals surface area contributed by atoms with E-state index in [-0.39, 0.29) is 34.6 Å². The average molecular weight is 683 g/mol. The summed E-state index contributed by atoms with van der Waals surface area (Å²) in [7, 11) is -0.342. The predicted octanol–water partition coefficient (Wildman–Crippen LogP) is 5.87. The lowest BCUT2D eigenvalue weighted by atomic mass is 9.81. The van der Waals surface area contributed by atoms with Gasteiger partial charge >= 0.3 is 0 Å². The fourth-order valence-corrected chi connectivity index (χ4v) is 10.7. The van der Waals surface area contributed by atoms with E-state index in [1.807, 2.05) is 18.2 Å². The number of hydrogen-bond acceptors (Lipinski definition) is 7. The van der Waals surface area contributed by atoms with Gasteiger partial charge in [-0.1, -0.05) is 25.3 Å². The molecule has 10 nitrogen and oxygen atoms in total. The number of ether oxygens (including phenoxy) is 1. The van der Waals surface area contributed by atoms with E-state index >= 15 is 4.79 Å². The van der Waals surface area contributed by atoms with E-state index in [2.05, 4.69) is 38.3 Å². The van der Waals surface area contributed by atoms with Gasteiger partial charge in [0.2, 0.25) is 11.0 Å². The Morgan fingerprint density at radius 1 is 0.980 bits per heavy atom. The van der Waals surface area contributed by atoms with Crippen LogP contribution in [0.5, 0.6) is 5.75 Å². The molecule has 2 aromatic heterocycles. The van der Waals surface area contributed by atoms with Gasteiger partial charge in [0.1, 0.15) is 5.75 Å². The molecule has 2 saturated heterocycles. The van der Waals surface area contributed by atoms with Crippen molar-refractivity contribution in [3.05, 3.63) is 71.5 Å². The van der Waals surface area contributed by atoms with Crippen molar-refractivity contribution >= 4 is 32.7 Å². The van der Waals surface area contributed by atoms with Gasteiger partial charge in [-0.15, -0.1) is 0 Å². The van der Waals surface area contributed by atoms with Crippen molar-refractivity contribution in [1.29, 1.82) is 0 Å². The van der Waals surface area contributed by atoms with Crippen LogP contribution in [-0.4, -0.2) is 73.9 Å². The van der Waals surface area contributed by atoms with Crippen LogP contribution >= 0.6 is 0 Å². The van der Waals surface area contributed by atoms with E-state index in [0.29, 0.717) is 12.5 Å². The number of amides is 2. The third-order valence-corrected chi connectivity index (χ3v) is 13.3. The Morgan fingerprint density at radius 2 is 1.76 bits per heavy atom. The zero-order valence-electron chi connectivity index (χ0n) is 28.0. The maximum absolute atomic E-state index is 15.0. The number of sulfonamides is 1. The molecule has 2 aromatic carbocycles. The Labute approximate surface area is 286 Å². The molecule has 2 saturated carbocycles. The first kappa shape index (κ1) is 30.9. The molecule has 256 valence electrons. The number of benzene rings is 2. The maximum atomic E-state index is 15.0. The van der Waals surface area contributed by atoms with Crippen molar-refractivity contribution in [2.24, 2.45) is 5.41 Å². The minimum Gasteiger partial charge on any atom is -0.497 e. The van der Waals surface area contributed by atoms with E-state index in [0.717, 1.165) is 91.5 Å². The van der Waals surface area contributed by atoms with Gasteiger partial charge in [-0.25, -0.2) is 4.72 Å². The number of hydrogen-bond donors (Lipinski definition) is 1. The van der Waals surface area contributed by atoms with E-state index < -0.39 is 21.3 Å². The Kier molecular flexibility index (Phi) is 7.08. The molecule has 5 heterocycles. The number of carbonyl (C=O) groups is 2. The van der Waals surface area contributed by atoms with Crippen LogP contribution in [0.3, 0.4) is 0 Å². The van der Waals surface area contributed by atoms with Crippen LogP contribution in [0.1, 0.15) is 84.7 Å². The van der Waals surface area contributed by atoms with Crippen molar-refractivity contribution in [1.82, 2.24) is 19.1 Å². The molecule has 11 heteroatoms. The third kappa shape index (κ3) is 4.79. The number of carbonyl (C=O) groups excluding carboxylic acids is 2. The molecule has 9 rings (SSSR count). The SMILES string of the molecule is COc1ccc2c(c1)C1CC1(C(=O)N1C3CCC1CN(C)C3)Cn1c-2c(C2CCCCC2)c2ccc(C(=O)NS(=O)(=O)c3ccco3)cc21. The summed E-state index contributed by atoms with van der Waals surface area (Å²) in [5, 5.41) is 0.749. The van der Waals surface area contributed by atoms with Crippen LogP contribution in [0, 0.1) is 5.41 Å². The average Bonchev–Trinajstić information content (AvgIpc) is 3.33. The number of piperazine rings is 1. The van der Waals surface area contributed by atoms with Gasteiger partial charge in [0.05, 0.1) is 24.5 Å². The van der Waals surface area contributed by atoms with Gasteiger partial charge in [-0.05, 0) is 98.7 Å². The first-order valence-electron chi connectivity index (χ1n) is 17.6. The van der Waals surface area contributed by atoms with Crippen LogP contribution in [-0.2, 0) is 21.4 Å². The highest BCUT2D eigenvalue weighted by atomic mass is 32.2. The van der Waals surface area contributed by atoms with Gasteiger partial charge in [-0.2, -0.15) is 8.42 Å². The van der Waals surface area contributed by atoms with Gasteiger partial charge in [0, 0.05) is 59.7 Å². The fraction of sp³-hybridized carbons (Fsp3) is 0.474. The lowest BCUT2D eigenvalue weighted by Crippen LogP contribution is -2.57. The fourth-order valence-electron chi connectivity index (χ4n) is 9.77. The Balaban J connectivity index is 1.22. The first-order chi connectivity index (χ1) is 23.7. The molecule has 2 bridgehead atoms. The molecule has 0 radical (unpaired) electrons. The largest absolute Gasteiger partial charge is 0.497 e. The zero-order chi connectivity index (χ0) is 33.7. The van der Waals surface area contributed by atoms with Crippen molar-refractivity contribution in [2.45, 2.75) is 86.9 Å². The minimum atomic E-state index is -4.18. The molecule has 0 spiro atoms. The number of likely N-dealkylation sites (tertiary alicyclic amines) is 1. The van der Waals surface area contributed by atoms with Crippen LogP contribution < -0.4 is 9.46 Å². The van der Waals surface area contributed by atoms with E-state index in [1.165, 1.54) is 30.4 Å². The van der Waals surface area contributed by atoms with Crippen molar-refractivity contribution in [3.8, 4) is 17.0 Å². The maximum Gasteiger partial charge on any atom is 0.297 e. The molecule has 4 unspecified atom stereocenters. The number of methoxy groups -OCH3 is 1. The molecule has 2 aliphatic carbocycles. The second-order valence-electron chi connectivity index (χ2n) is 15.0. The molecule has 4 fully saturated rings. The van der Waals surface area contributed by atoms with Crippen molar-refractivity contribution in [2.75, 3.05) is 27.2 Å². The number of aromatic nitrogens is 1. The summed E-state index contributed by atoms with van der Waals surface area (Å²) in [6.07, 6.45) is 9.81. The summed E-state index contributed by atoms with van der Waals surface area (Å²) in [6, 6.07) is 15.1. The molecular weight excluding hydrogens is 641 g/mol. The summed E-state index contributed by atoms with van der Waals surface area (Å²) in [4.78, 5) is 33.2. The number of rotatable bonds is 6. The van der Waals surface area contributed by atoms with E-state index in [9.17, 15) is 13.2 Å². The second kappa shape index (κ2) is 11.2. The minimum absolute atomic E-state index is 0.0585. The number of fused-ring (bicyclic) bond motifs is 9. The number of nitrogens with one attached hydrogen (secondary N) is 1. The van der Waals surface area contributed by atoms with Crippen molar-refractivity contribution in [3.63, 3.8) is 0 Å². The van der Waals surface area contributed by atoms with Gasteiger partial charge in [0.15, 0.2) is 0 Å². The molecule has 4 atom stereocenters. The summed E-state index contributed by atoms with van der Waals surface area (Å²) in [5.41, 5.74) is 5.18. The molecule has 5 aliphatic rings. The summed E-state index contributed by atoms with van der Waals surface area (Å²) in [5.74, 6) is 0.710. The normalized spacial score (nSPS) is 26.5. The highest BCUT2D eigenvalue weighted by molar-refractivity contribution is 7.90. The summed E-state index contributed by atoms with van der Waals surface area (Å²) < 4.78 is 41.2.